The van der Waals surface area contributed by atoms with Gasteiger partial charge in [-0.25, -0.2) is 0 Å². The van der Waals surface area contributed by atoms with Crippen molar-refractivity contribution in [1.82, 2.24) is 0 Å². The summed E-state index contributed by atoms with van der Waals surface area (Å²) in [5.41, 5.74) is 10.8. The molecular weight excluding hydrogens is 192 g/mol. The number of ketones is 1. The van der Waals surface area contributed by atoms with Crippen LogP contribution in [0.1, 0.15) is 18.6 Å². The number of carbonyl (C=O) groups excluding carboxylic acids is 1. The van der Waals surface area contributed by atoms with Crippen LogP contribution in [0.3, 0.4) is 0 Å². The summed E-state index contributed by atoms with van der Waals surface area (Å²) in [6.07, 6.45) is -0.629. The molecule has 0 aliphatic heterocycles. The highest BCUT2D eigenvalue weighted by molar-refractivity contribution is 5.86. The summed E-state index contributed by atoms with van der Waals surface area (Å²) in [4.78, 5) is 11.3. The summed E-state index contributed by atoms with van der Waals surface area (Å²) < 4.78 is 5.19. The van der Waals surface area contributed by atoms with Gasteiger partial charge in [-0.15, -0.1) is 0 Å². The van der Waals surface area contributed by atoms with Crippen LogP contribution in [0.25, 0.3) is 0 Å². The molecule has 4 nitrogen and oxygen atoms in total. The Balaban J connectivity index is 3.05. The summed E-state index contributed by atoms with van der Waals surface area (Å²) in [6, 6.07) is 9.21. The molecule has 0 spiro atoms. The number of nitrogens with two attached hydrogens (primary N) is 2. The van der Waals surface area contributed by atoms with Crippen LogP contribution in [-0.2, 0) is 9.53 Å². The smallest absolute Gasteiger partial charge is 0.167 e. The van der Waals surface area contributed by atoms with E-state index >= 15 is 0 Å². The molecule has 0 fully saturated rings. The second-order valence-corrected chi connectivity index (χ2v) is 3.52. The lowest BCUT2D eigenvalue weighted by Gasteiger charge is -2.30. The summed E-state index contributed by atoms with van der Waals surface area (Å²) in [7, 11) is 1.48. The topological polar surface area (TPSA) is 78.3 Å². The fraction of sp³-hybridized carbons (Fsp3) is 0.364. The first-order valence-electron chi connectivity index (χ1n) is 4.66. The van der Waals surface area contributed by atoms with Gasteiger partial charge < -0.3 is 16.2 Å². The number of methoxy groups -OCH3 is 1. The van der Waals surface area contributed by atoms with Gasteiger partial charge >= 0.3 is 0 Å². The number of carbonyl (C=O) groups is 1. The third kappa shape index (κ3) is 2.41. The SMILES string of the molecule is COC(c1ccccc1)C(N)(N)C(C)=O. The highest BCUT2D eigenvalue weighted by atomic mass is 16.5. The van der Waals surface area contributed by atoms with E-state index in [0.717, 1.165) is 5.56 Å². The minimum Gasteiger partial charge on any atom is -0.373 e. The molecule has 1 rings (SSSR count). The van der Waals surface area contributed by atoms with Crippen molar-refractivity contribution < 1.29 is 9.53 Å². The lowest BCUT2D eigenvalue weighted by molar-refractivity contribution is -0.127. The molecule has 15 heavy (non-hydrogen) atoms. The van der Waals surface area contributed by atoms with E-state index in [9.17, 15) is 4.79 Å². The first kappa shape index (κ1) is 11.8. The predicted molar refractivity (Wildman–Crippen MR) is 58.0 cm³/mol. The zero-order valence-electron chi connectivity index (χ0n) is 8.94. The molecule has 0 amide bonds. The van der Waals surface area contributed by atoms with E-state index in [2.05, 4.69) is 0 Å². The van der Waals surface area contributed by atoms with Crippen molar-refractivity contribution >= 4 is 5.78 Å². The van der Waals surface area contributed by atoms with Gasteiger partial charge in [0.15, 0.2) is 11.4 Å². The zero-order valence-corrected chi connectivity index (χ0v) is 8.94. The van der Waals surface area contributed by atoms with E-state index in [-0.39, 0.29) is 5.78 Å². The quantitative estimate of drug-likeness (QED) is 0.709. The van der Waals surface area contributed by atoms with Crippen LogP contribution in [0, 0.1) is 0 Å². The number of rotatable bonds is 4. The Morgan fingerprint density at radius 3 is 2.27 bits per heavy atom. The average Bonchev–Trinajstić information content (AvgIpc) is 2.19. The number of hydrogen-bond donors (Lipinski definition) is 2. The Bertz CT molecular complexity index is 336. The fourth-order valence-corrected chi connectivity index (χ4v) is 1.42. The second-order valence-electron chi connectivity index (χ2n) is 3.52. The molecule has 0 saturated carbocycles. The molecule has 0 aliphatic rings. The Morgan fingerprint density at radius 1 is 1.33 bits per heavy atom. The van der Waals surface area contributed by atoms with Gasteiger partial charge in [-0.2, -0.15) is 0 Å². The summed E-state index contributed by atoms with van der Waals surface area (Å²) in [5.74, 6) is -0.307. The fourth-order valence-electron chi connectivity index (χ4n) is 1.42. The Hall–Kier alpha value is -1.23. The van der Waals surface area contributed by atoms with Crippen LogP contribution < -0.4 is 11.5 Å². The molecule has 0 saturated heterocycles. The minimum absolute atomic E-state index is 0.307. The Labute approximate surface area is 89.2 Å². The molecule has 4 heteroatoms. The van der Waals surface area contributed by atoms with E-state index < -0.39 is 11.8 Å². The number of ether oxygens (including phenoxy) is 1. The number of hydrogen-bond acceptors (Lipinski definition) is 4. The largest absolute Gasteiger partial charge is 0.373 e. The first-order chi connectivity index (χ1) is 7.00. The predicted octanol–water partition coefficient (Wildman–Crippen LogP) is 0.577. The highest BCUT2D eigenvalue weighted by Crippen LogP contribution is 2.24. The van der Waals surface area contributed by atoms with Crippen molar-refractivity contribution in [3.63, 3.8) is 0 Å². The molecule has 1 unspecified atom stereocenters. The monoisotopic (exact) mass is 208 g/mol. The third-order valence-corrected chi connectivity index (χ3v) is 2.38. The van der Waals surface area contributed by atoms with Gasteiger partial charge in [0.25, 0.3) is 0 Å². The normalized spacial score (nSPS) is 13.6. The molecule has 0 aliphatic carbocycles. The van der Waals surface area contributed by atoms with Crippen molar-refractivity contribution in [3.8, 4) is 0 Å². The van der Waals surface area contributed by atoms with Gasteiger partial charge in [-0.1, -0.05) is 30.3 Å². The molecule has 0 bridgehead atoms. The van der Waals surface area contributed by atoms with Crippen molar-refractivity contribution in [2.45, 2.75) is 18.7 Å². The molecule has 1 aromatic rings. The molecule has 0 aromatic heterocycles. The van der Waals surface area contributed by atoms with Crippen LogP contribution in [-0.4, -0.2) is 18.6 Å². The van der Waals surface area contributed by atoms with Crippen LogP contribution in [0.15, 0.2) is 30.3 Å². The Morgan fingerprint density at radius 2 is 1.87 bits per heavy atom. The first-order valence-corrected chi connectivity index (χ1v) is 4.66. The summed E-state index contributed by atoms with van der Waals surface area (Å²) >= 11 is 0. The minimum atomic E-state index is -1.49. The van der Waals surface area contributed by atoms with Gasteiger partial charge in [0.1, 0.15) is 6.10 Å². The van der Waals surface area contributed by atoms with Crippen LogP contribution in [0.4, 0.5) is 0 Å². The number of Topliss-reactive ketones (excluding diaryl/α,β-unsaturated/α-hetero) is 1. The van der Waals surface area contributed by atoms with Crippen LogP contribution >= 0.6 is 0 Å². The third-order valence-electron chi connectivity index (χ3n) is 2.38. The average molecular weight is 208 g/mol. The van der Waals surface area contributed by atoms with Gasteiger partial charge in [0, 0.05) is 7.11 Å². The maximum Gasteiger partial charge on any atom is 0.167 e. The van der Waals surface area contributed by atoms with Gasteiger partial charge in [0.2, 0.25) is 0 Å². The van der Waals surface area contributed by atoms with E-state index in [1.807, 2.05) is 30.3 Å². The van der Waals surface area contributed by atoms with Gasteiger partial charge in [0.05, 0.1) is 0 Å². The lowest BCUT2D eigenvalue weighted by atomic mass is 9.94. The maximum atomic E-state index is 11.3. The summed E-state index contributed by atoms with van der Waals surface area (Å²) in [5, 5.41) is 0. The van der Waals surface area contributed by atoms with Crippen molar-refractivity contribution in [1.29, 1.82) is 0 Å². The lowest BCUT2D eigenvalue weighted by Crippen LogP contribution is -2.60. The van der Waals surface area contributed by atoms with Gasteiger partial charge in [-0.3, -0.25) is 4.79 Å². The molecule has 1 aromatic carbocycles. The van der Waals surface area contributed by atoms with E-state index in [4.69, 9.17) is 16.2 Å². The van der Waals surface area contributed by atoms with E-state index in [1.54, 1.807) is 0 Å². The van der Waals surface area contributed by atoms with Crippen LogP contribution in [0.5, 0.6) is 0 Å². The van der Waals surface area contributed by atoms with Crippen molar-refractivity contribution in [3.05, 3.63) is 35.9 Å². The molecule has 0 radical (unpaired) electrons. The number of benzene rings is 1. The molecule has 0 heterocycles. The highest BCUT2D eigenvalue weighted by Gasteiger charge is 2.36. The molecule has 82 valence electrons. The van der Waals surface area contributed by atoms with Gasteiger partial charge in [-0.05, 0) is 12.5 Å². The van der Waals surface area contributed by atoms with Crippen molar-refractivity contribution in [2.24, 2.45) is 11.5 Å². The Kier molecular flexibility index (Phi) is 3.57. The molecule has 4 N–H and O–H groups in total. The van der Waals surface area contributed by atoms with Crippen LogP contribution in [0.2, 0.25) is 0 Å². The second kappa shape index (κ2) is 4.53. The molecular formula is C11H16N2O2. The maximum absolute atomic E-state index is 11.3. The van der Waals surface area contributed by atoms with E-state index in [1.165, 1.54) is 14.0 Å². The standard InChI is InChI=1S/C11H16N2O2/c1-8(14)11(12,13)10(15-2)9-6-4-3-5-7-9/h3-7,10H,12-13H2,1-2H3. The van der Waals surface area contributed by atoms with Crippen molar-refractivity contribution in [2.75, 3.05) is 7.11 Å². The summed E-state index contributed by atoms with van der Waals surface area (Å²) in [6.45, 7) is 1.36. The van der Waals surface area contributed by atoms with E-state index in [0.29, 0.717) is 0 Å². The zero-order chi connectivity index (χ0) is 11.5. The molecule has 1 atom stereocenters.